The van der Waals surface area contributed by atoms with Crippen molar-refractivity contribution in [3.05, 3.63) is 39.9 Å². The maximum Gasteiger partial charge on any atom is 0.149 e. The average Bonchev–Trinajstić information content (AvgIpc) is 2.70. The van der Waals surface area contributed by atoms with Crippen molar-refractivity contribution in [3.8, 4) is 0 Å². The van der Waals surface area contributed by atoms with Gasteiger partial charge in [-0.1, -0.05) is 17.7 Å². The van der Waals surface area contributed by atoms with E-state index in [0.29, 0.717) is 11.2 Å². The van der Waals surface area contributed by atoms with Crippen LogP contribution in [-0.4, -0.2) is 16.0 Å². The van der Waals surface area contributed by atoms with Gasteiger partial charge in [-0.25, -0.2) is 4.98 Å². The minimum atomic E-state index is 0.311. The first-order valence-corrected chi connectivity index (χ1v) is 6.26. The molecule has 0 aromatic carbocycles. The molecule has 3 nitrogen and oxygen atoms in total. The van der Waals surface area contributed by atoms with Crippen LogP contribution in [0.3, 0.4) is 0 Å². The molecule has 1 unspecified atom stereocenters. The Morgan fingerprint density at radius 1 is 1.50 bits per heavy atom. The van der Waals surface area contributed by atoms with Crippen LogP contribution >= 0.6 is 22.9 Å². The first-order valence-electron chi connectivity index (χ1n) is 5.00. The second-order valence-corrected chi connectivity index (χ2v) is 4.98. The van der Waals surface area contributed by atoms with Crippen molar-refractivity contribution in [2.45, 2.75) is 19.4 Å². The normalized spacial score (nSPS) is 12.4. The second-order valence-electron chi connectivity index (χ2n) is 3.56. The minimum Gasteiger partial charge on any atom is -0.366 e. The zero-order valence-electron chi connectivity index (χ0n) is 8.85. The Hall–Kier alpha value is -1.13. The molecule has 1 N–H and O–H groups in total. The number of hydrogen-bond donors (Lipinski definition) is 1. The van der Waals surface area contributed by atoms with Gasteiger partial charge in [0.2, 0.25) is 0 Å². The van der Waals surface area contributed by atoms with Crippen molar-refractivity contribution in [2.75, 3.05) is 5.32 Å². The summed E-state index contributed by atoms with van der Waals surface area (Å²) in [6.07, 6.45) is 4.18. The molecule has 0 bridgehead atoms. The summed E-state index contributed by atoms with van der Waals surface area (Å²) in [7, 11) is 0. The lowest BCUT2D eigenvalue weighted by atomic mass is 10.2. The summed E-state index contributed by atoms with van der Waals surface area (Å²) in [5.41, 5.74) is 0. The van der Waals surface area contributed by atoms with Crippen LogP contribution < -0.4 is 5.32 Å². The van der Waals surface area contributed by atoms with Gasteiger partial charge in [-0.15, -0.1) is 11.3 Å². The molecule has 0 spiro atoms. The lowest BCUT2D eigenvalue weighted by molar-refractivity contribution is 0.793. The van der Waals surface area contributed by atoms with Gasteiger partial charge in [0.15, 0.2) is 0 Å². The number of anilines is 1. The molecular formula is C11H12ClN3S. The first-order chi connectivity index (χ1) is 7.74. The van der Waals surface area contributed by atoms with Gasteiger partial charge in [0.1, 0.15) is 11.0 Å². The Morgan fingerprint density at radius 3 is 3.06 bits per heavy atom. The summed E-state index contributed by atoms with van der Waals surface area (Å²) in [6.45, 7) is 2.11. The zero-order chi connectivity index (χ0) is 11.4. The smallest absolute Gasteiger partial charge is 0.149 e. The number of aromatic nitrogens is 2. The summed E-state index contributed by atoms with van der Waals surface area (Å²) >= 11 is 7.52. The summed E-state index contributed by atoms with van der Waals surface area (Å²) in [5.74, 6) is 0.719. The summed E-state index contributed by atoms with van der Waals surface area (Å²) < 4.78 is 0. The van der Waals surface area contributed by atoms with Gasteiger partial charge in [0, 0.05) is 17.3 Å². The van der Waals surface area contributed by atoms with Crippen molar-refractivity contribution in [3.63, 3.8) is 0 Å². The van der Waals surface area contributed by atoms with Gasteiger partial charge in [-0.3, -0.25) is 4.98 Å². The maximum atomic E-state index is 5.76. The largest absolute Gasteiger partial charge is 0.366 e. The molecule has 0 saturated carbocycles. The number of rotatable bonds is 4. The van der Waals surface area contributed by atoms with Crippen LogP contribution in [0.5, 0.6) is 0 Å². The fourth-order valence-electron chi connectivity index (χ4n) is 1.45. The third-order valence-electron chi connectivity index (χ3n) is 2.09. The Labute approximate surface area is 104 Å². The molecule has 5 heteroatoms. The van der Waals surface area contributed by atoms with E-state index in [9.17, 15) is 0 Å². The van der Waals surface area contributed by atoms with Crippen LogP contribution in [-0.2, 0) is 6.42 Å². The molecule has 1 atom stereocenters. The number of nitrogens with one attached hydrogen (secondary N) is 1. The van der Waals surface area contributed by atoms with Crippen LogP contribution in [0.1, 0.15) is 11.8 Å². The van der Waals surface area contributed by atoms with Gasteiger partial charge >= 0.3 is 0 Å². The molecule has 2 rings (SSSR count). The van der Waals surface area contributed by atoms with E-state index in [1.165, 1.54) is 11.1 Å². The van der Waals surface area contributed by atoms with Crippen molar-refractivity contribution in [2.24, 2.45) is 0 Å². The SMILES string of the molecule is CC(Cc1cccs1)Nc1cncc(Cl)n1. The van der Waals surface area contributed by atoms with Crippen molar-refractivity contribution < 1.29 is 0 Å². The number of hydrogen-bond acceptors (Lipinski definition) is 4. The Kier molecular flexibility index (Phi) is 3.74. The van der Waals surface area contributed by atoms with Crippen LogP contribution in [0, 0.1) is 0 Å². The zero-order valence-corrected chi connectivity index (χ0v) is 10.4. The summed E-state index contributed by atoms with van der Waals surface area (Å²) in [5, 5.41) is 5.76. The number of halogens is 1. The van der Waals surface area contributed by atoms with Crippen LogP contribution in [0.4, 0.5) is 5.82 Å². The topological polar surface area (TPSA) is 37.8 Å². The van der Waals surface area contributed by atoms with Crippen LogP contribution in [0.15, 0.2) is 29.9 Å². The van der Waals surface area contributed by atoms with E-state index in [1.807, 2.05) is 0 Å². The van der Waals surface area contributed by atoms with Crippen molar-refractivity contribution >= 4 is 28.8 Å². The fourth-order valence-corrected chi connectivity index (χ4v) is 2.43. The highest BCUT2D eigenvalue weighted by Crippen LogP contribution is 2.14. The Bertz CT molecular complexity index is 444. The fraction of sp³-hybridized carbons (Fsp3) is 0.273. The lowest BCUT2D eigenvalue weighted by Gasteiger charge is -2.12. The predicted molar refractivity (Wildman–Crippen MR) is 68.1 cm³/mol. The van der Waals surface area contributed by atoms with Gasteiger partial charge in [0.05, 0.1) is 12.4 Å². The maximum absolute atomic E-state index is 5.76. The van der Waals surface area contributed by atoms with Crippen molar-refractivity contribution in [1.29, 1.82) is 0 Å². The molecule has 0 aliphatic heterocycles. The summed E-state index contributed by atoms with van der Waals surface area (Å²) in [6, 6.07) is 4.50. The van der Waals surface area contributed by atoms with Crippen molar-refractivity contribution in [1.82, 2.24) is 9.97 Å². The third-order valence-corrected chi connectivity index (χ3v) is 3.17. The van der Waals surface area contributed by atoms with Gasteiger partial charge in [-0.05, 0) is 18.4 Å². The van der Waals surface area contributed by atoms with E-state index < -0.39 is 0 Å². The molecule has 0 fully saturated rings. The molecule has 16 heavy (non-hydrogen) atoms. The van der Waals surface area contributed by atoms with E-state index in [4.69, 9.17) is 11.6 Å². The molecule has 2 aromatic rings. The van der Waals surface area contributed by atoms with Crippen LogP contribution in [0.2, 0.25) is 5.15 Å². The third kappa shape index (κ3) is 3.18. The molecule has 0 radical (unpaired) electrons. The first kappa shape index (κ1) is 11.4. The molecule has 0 saturated heterocycles. The minimum absolute atomic E-state index is 0.311. The van der Waals surface area contributed by atoms with E-state index in [1.54, 1.807) is 17.5 Å². The lowest BCUT2D eigenvalue weighted by Crippen LogP contribution is -2.18. The molecule has 0 aliphatic carbocycles. The molecule has 0 aliphatic rings. The molecule has 84 valence electrons. The van der Waals surface area contributed by atoms with E-state index in [2.05, 4.69) is 39.7 Å². The highest BCUT2D eigenvalue weighted by atomic mass is 35.5. The number of thiophene rings is 1. The van der Waals surface area contributed by atoms with Crippen LogP contribution in [0.25, 0.3) is 0 Å². The average molecular weight is 254 g/mol. The Balaban J connectivity index is 1.94. The van der Waals surface area contributed by atoms with Gasteiger partial charge < -0.3 is 5.32 Å². The van der Waals surface area contributed by atoms with Gasteiger partial charge in [0.25, 0.3) is 0 Å². The molecule has 0 amide bonds. The molecular weight excluding hydrogens is 242 g/mol. The second kappa shape index (κ2) is 5.27. The standard InChI is InChI=1S/C11H12ClN3S/c1-8(5-9-3-2-4-16-9)14-11-7-13-6-10(12)15-11/h2-4,6-8H,5H2,1H3,(H,14,15). The predicted octanol–water partition coefficient (Wildman–Crippen LogP) is 3.23. The van der Waals surface area contributed by atoms with Gasteiger partial charge in [-0.2, -0.15) is 0 Å². The quantitative estimate of drug-likeness (QED) is 0.909. The molecule has 2 heterocycles. The monoisotopic (exact) mass is 253 g/mol. The highest BCUT2D eigenvalue weighted by Gasteiger charge is 2.05. The van der Waals surface area contributed by atoms with E-state index in [-0.39, 0.29) is 0 Å². The van der Waals surface area contributed by atoms with E-state index in [0.717, 1.165) is 12.2 Å². The highest BCUT2D eigenvalue weighted by molar-refractivity contribution is 7.09. The number of nitrogens with zero attached hydrogens (tertiary/aromatic N) is 2. The molecule has 2 aromatic heterocycles. The summed E-state index contributed by atoms with van der Waals surface area (Å²) in [4.78, 5) is 9.47. The van der Waals surface area contributed by atoms with E-state index >= 15 is 0 Å². The Morgan fingerprint density at radius 2 is 2.38 bits per heavy atom.